The van der Waals surface area contributed by atoms with Gasteiger partial charge in [0.2, 0.25) is 5.91 Å². The van der Waals surface area contributed by atoms with E-state index in [9.17, 15) is 4.79 Å². The summed E-state index contributed by atoms with van der Waals surface area (Å²) in [4.78, 5) is 12.3. The van der Waals surface area contributed by atoms with Crippen LogP contribution in [0.2, 0.25) is 0 Å². The zero-order valence-corrected chi connectivity index (χ0v) is 15.4. The van der Waals surface area contributed by atoms with E-state index in [4.69, 9.17) is 0 Å². The van der Waals surface area contributed by atoms with Crippen LogP contribution >= 0.6 is 0 Å². The third-order valence-corrected chi connectivity index (χ3v) is 6.43. The average Bonchev–Trinajstić information content (AvgIpc) is 3.10. The van der Waals surface area contributed by atoms with Crippen molar-refractivity contribution in [3.63, 3.8) is 0 Å². The molecule has 4 heteroatoms. The molecule has 1 amide bonds. The highest BCUT2D eigenvalue weighted by molar-refractivity contribution is 5.76. The van der Waals surface area contributed by atoms with Gasteiger partial charge in [-0.1, -0.05) is 24.3 Å². The molecule has 0 bridgehead atoms. The van der Waals surface area contributed by atoms with Crippen molar-refractivity contribution >= 4 is 5.91 Å². The van der Waals surface area contributed by atoms with Crippen LogP contribution in [-0.4, -0.2) is 22.2 Å². The van der Waals surface area contributed by atoms with Gasteiger partial charge in [-0.05, 0) is 62.1 Å². The number of benzene rings is 1. The minimum atomic E-state index is 0.163. The van der Waals surface area contributed by atoms with Crippen LogP contribution in [0, 0.1) is 19.8 Å². The van der Waals surface area contributed by atoms with E-state index >= 15 is 0 Å². The Morgan fingerprint density at radius 3 is 2.92 bits per heavy atom. The molecule has 0 unspecified atom stereocenters. The van der Waals surface area contributed by atoms with E-state index < -0.39 is 0 Å². The number of nitrogens with one attached hydrogen (secondary N) is 1. The SMILES string of the molecule is Cc1nn(C)c(C)c1CCC(=O)NC[C@@H]1C[C@]12CCc1ccccc12. The van der Waals surface area contributed by atoms with Gasteiger partial charge in [0, 0.05) is 31.1 Å². The molecule has 0 radical (unpaired) electrons. The van der Waals surface area contributed by atoms with Crippen LogP contribution in [0.3, 0.4) is 0 Å². The molecule has 2 atom stereocenters. The molecule has 4 rings (SSSR count). The molecule has 2 aliphatic rings. The molecule has 1 heterocycles. The maximum Gasteiger partial charge on any atom is 0.220 e. The summed E-state index contributed by atoms with van der Waals surface area (Å²) < 4.78 is 1.90. The minimum Gasteiger partial charge on any atom is -0.356 e. The number of amides is 1. The highest BCUT2D eigenvalue weighted by Gasteiger charge is 2.57. The summed E-state index contributed by atoms with van der Waals surface area (Å²) in [7, 11) is 1.96. The smallest absolute Gasteiger partial charge is 0.220 e. The van der Waals surface area contributed by atoms with E-state index in [2.05, 4.69) is 41.6 Å². The molecular formula is C21H27N3O. The zero-order valence-electron chi connectivity index (χ0n) is 15.4. The summed E-state index contributed by atoms with van der Waals surface area (Å²) in [6.45, 7) is 4.91. The Hall–Kier alpha value is -2.10. The Balaban J connectivity index is 1.29. The third-order valence-electron chi connectivity index (χ3n) is 6.43. The van der Waals surface area contributed by atoms with Crippen LogP contribution in [0.1, 0.15) is 47.3 Å². The summed E-state index contributed by atoms with van der Waals surface area (Å²) in [5.41, 5.74) is 6.82. The molecule has 1 saturated carbocycles. The Morgan fingerprint density at radius 1 is 1.36 bits per heavy atom. The predicted octanol–water partition coefficient (Wildman–Crippen LogP) is 2.99. The van der Waals surface area contributed by atoms with Crippen LogP contribution in [0.5, 0.6) is 0 Å². The van der Waals surface area contributed by atoms with Crippen molar-refractivity contribution in [2.75, 3.05) is 6.54 Å². The van der Waals surface area contributed by atoms with Gasteiger partial charge in [0.1, 0.15) is 0 Å². The number of rotatable bonds is 5. The third kappa shape index (κ3) is 2.78. The van der Waals surface area contributed by atoms with Crippen LogP contribution in [0.4, 0.5) is 0 Å². The lowest BCUT2D eigenvalue weighted by atomic mass is 9.95. The Bertz CT molecular complexity index is 823. The molecule has 1 N–H and O–H groups in total. The second kappa shape index (κ2) is 6.01. The highest BCUT2D eigenvalue weighted by atomic mass is 16.1. The number of aromatic nitrogens is 2. The number of fused-ring (bicyclic) bond motifs is 2. The second-order valence-corrected chi connectivity index (χ2v) is 7.79. The molecule has 1 fully saturated rings. The summed E-state index contributed by atoms with van der Waals surface area (Å²) in [6.07, 6.45) is 4.99. The van der Waals surface area contributed by atoms with Gasteiger partial charge >= 0.3 is 0 Å². The monoisotopic (exact) mass is 337 g/mol. The fraction of sp³-hybridized carbons (Fsp3) is 0.524. The number of nitrogens with zero attached hydrogens (tertiary/aromatic N) is 2. The molecule has 2 aliphatic carbocycles. The quantitative estimate of drug-likeness (QED) is 0.912. The van der Waals surface area contributed by atoms with E-state index in [1.165, 1.54) is 36.0 Å². The summed E-state index contributed by atoms with van der Waals surface area (Å²) in [6, 6.07) is 8.84. The van der Waals surface area contributed by atoms with Gasteiger partial charge in [-0.2, -0.15) is 5.10 Å². The topological polar surface area (TPSA) is 46.9 Å². The molecule has 1 spiro atoms. The van der Waals surface area contributed by atoms with Gasteiger partial charge in [-0.15, -0.1) is 0 Å². The Morgan fingerprint density at radius 2 is 2.16 bits per heavy atom. The number of aryl methyl sites for hydroxylation is 3. The van der Waals surface area contributed by atoms with Crippen molar-refractivity contribution in [2.24, 2.45) is 13.0 Å². The van der Waals surface area contributed by atoms with Gasteiger partial charge in [-0.3, -0.25) is 9.48 Å². The van der Waals surface area contributed by atoms with Crippen molar-refractivity contribution in [2.45, 2.75) is 51.4 Å². The Labute approximate surface area is 149 Å². The summed E-state index contributed by atoms with van der Waals surface area (Å²) in [5.74, 6) is 0.776. The second-order valence-electron chi connectivity index (χ2n) is 7.79. The summed E-state index contributed by atoms with van der Waals surface area (Å²) in [5, 5.41) is 7.60. The van der Waals surface area contributed by atoms with Gasteiger partial charge in [-0.25, -0.2) is 0 Å². The van der Waals surface area contributed by atoms with Crippen molar-refractivity contribution in [3.05, 3.63) is 52.3 Å². The van der Waals surface area contributed by atoms with Crippen LogP contribution in [0.25, 0.3) is 0 Å². The number of hydrogen-bond donors (Lipinski definition) is 1. The molecule has 4 nitrogen and oxygen atoms in total. The fourth-order valence-corrected chi connectivity index (χ4v) is 4.74. The first-order valence-electron chi connectivity index (χ1n) is 9.35. The van der Waals surface area contributed by atoms with E-state index in [1.807, 2.05) is 18.7 Å². The fourth-order valence-electron chi connectivity index (χ4n) is 4.74. The molecule has 0 aliphatic heterocycles. The number of hydrogen-bond acceptors (Lipinski definition) is 2. The molecule has 25 heavy (non-hydrogen) atoms. The molecule has 0 saturated heterocycles. The van der Waals surface area contributed by atoms with E-state index in [0.29, 0.717) is 17.8 Å². The van der Waals surface area contributed by atoms with E-state index in [-0.39, 0.29) is 5.91 Å². The van der Waals surface area contributed by atoms with Crippen LogP contribution < -0.4 is 5.32 Å². The number of carbonyl (C=O) groups excluding carboxylic acids is 1. The lowest BCUT2D eigenvalue weighted by molar-refractivity contribution is -0.121. The van der Waals surface area contributed by atoms with Gasteiger partial charge in [0.25, 0.3) is 0 Å². The standard InChI is InChI=1S/C21H27N3O/c1-14-18(15(2)24(3)23-14)8-9-20(25)22-13-17-12-21(17)11-10-16-6-4-5-7-19(16)21/h4-7,17H,8-13H2,1-3H3,(H,22,25)/t17-,21+/m0/s1. The molecule has 1 aromatic carbocycles. The van der Waals surface area contributed by atoms with Crippen molar-refractivity contribution in [1.82, 2.24) is 15.1 Å². The lowest BCUT2D eigenvalue weighted by Gasteiger charge is -2.12. The van der Waals surface area contributed by atoms with Gasteiger partial charge < -0.3 is 5.32 Å². The maximum atomic E-state index is 12.3. The normalized spacial score (nSPS) is 23.7. The highest BCUT2D eigenvalue weighted by Crippen LogP contribution is 2.61. The van der Waals surface area contributed by atoms with Crippen molar-refractivity contribution in [3.8, 4) is 0 Å². The average molecular weight is 337 g/mol. The maximum absolute atomic E-state index is 12.3. The van der Waals surface area contributed by atoms with Gasteiger partial charge in [0.05, 0.1) is 5.69 Å². The van der Waals surface area contributed by atoms with Gasteiger partial charge in [0.15, 0.2) is 0 Å². The number of carbonyl (C=O) groups is 1. The van der Waals surface area contributed by atoms with Crippen molar-refractivity contribution in [1.29, 1.82) is 0 Å². The first-order chi connectivity index (χ1) is 12.0. The van der Waals surface area contributed by atoms with Crippen LogP contribution in [0.15, 0.2) is 24.3 Å². The molecular weight excluding hydrogens is 310 g/mol. The van der Waals surface area contributed by atoms with Crippen molar-refractivity contribution < 1.29 is 4.79 Å². The molecule has 132 valence electrons. The zero-order chi connectivity index (χ0) is 17.6. The first-order valence-corrected chi connectivity index (χ1v) is 9.35. The lowest BCUT2D eigenvalue weighted by Crippen LogP contribution is -2.27. The first kappa shape index (κ1) is 16.4. The van der Waals surface area contributed by atoms with E-state index in [0.717, 1.165) is 24.4 Å². The van der Waals surface area contributed by atoms with Crippen LogP contribution in [-0.2, 0) is 30.1 Å². The minimum absolute atomic E-state index is 0.163. The molecule has 2 aromatic rings. The van der Waals surface area contributed by atoms with E-state index in [1.54, 1.807) is 0 Å². The summed E-state index contributed by atoms with van der Waals surface area (Å²) >= 11 is 0. The Kier molecular flexibility index (Phi) is 3.94. The largest absolute Gasteiger partial charge is 0.356 e. The molecule has 1 aromatic heterocycles. The predicted molar refractivity (Wildman–Crippen MR) is 98.6 cm³/mol.